The lowest BCUT2D eigenvalue weighted by molar-refractivity contribution is 0.0758. The maximum Gasteiger partial charge on any atom is 0.268 e. The average Bonchev–Trinajstić information content (AvgIpc) is 3.12. The van der Waals surface area contributed by atoms with Gasteiger partial charge in [0, 0.05) is 37.8 Å². The average molecular weight is 370 g/mol. The number of aromatic nitrogens is 3. The molecule has 0 bridgehead atoms. The summed E-state index contributed by atoms with van der Waals surface area (Å²) >= 11 is 1.38. The summed E-state index contributed by atoms with van der Waals surface area (Å²) in [7, 11) is 0. The van der Waals surface area contributed by atoms with Crippen LogP contribution >= 0.6 is 11.3 Å². The van der Waals surface area contributed by atoms with Gasteiger partial charge in [-0.2, -0.15) is 0 Å². The second-order valence-electron chi connectivity index (χ2n) is 6.33. The third-order valence-electron chi connectivity index (χ3n) is 4.56. The molecular formula is C17H18N6O2S. The number of imidazole rings is 1. The number of nitrogens with zero attached hydrogens (tertiary/aromatic N) is 4. The number of benzene rings is 1. The highest BCUT2D eigenvalue weighted by Crippen LogP contribution is 2.28. The summed E-state index contributed by atoms with van der Waals surface area (Å²) in [6.45, 7) is 3.59. The lowest BCUT2D eigenvalue weighted by Gasteiger charge is -2.20. The standard InChI is InChI=1S/C17H18N6O2S/c1-9-6-10(7-12-14(9)21-17(19)26-12)16(25)22-3-2-13-20-11(15(18)24)8-23(13)5-4-22/h6-8H,2-5H2,1H3,(H2,18,24)(H2,19,21). The summed E-state index contributed by atoms with van der Waals surface area (Å²) in [6.07, 6.45) is 2.23. The van der Waals surface area contributed by atoms with E-state index in [1.807, 2.05) is 28.5 Å². The summed E-state index contributed by atoms with van der Waals surface area (Å²) in [5.74, 6) is 0.213. The topological polar surface area (TPSA) is 120 Å². The Bertz CT molecular complexity index is 1010. The summed E-state index contributed by atoms with van der Waals surface area (Å²) in [5, 5.41) is 0.498. The van der Waals surface area contributed by atoms with Crippen molar-refractivity contribution in [1.29, 1.82) is 0 Å². The molecule has 0 unspecified atom stereocenters. The van der Waals surface area contributed by atoms with Gasteiger partial charge in [-0.1, -0.05) is 11.3 Å². The van der Waals surface area contributed by atoms with E-state index < -0.39 is 5.91 Å². The minimum Gasteiger partial charge on any atom is -0.375 e. The molecule has 2 amide bonds. The molecule has 0 saturated heterocycles. The molecule has 1 aliphatic heterocycles. The van der Waals surface area contributed by atoms with E-state index in [2.05, 4.69) is 9.97 Å². The van der Waals surface area contributed by atoms with Crippen LogP contribution in [0.5, 0.6) is 0 Å². The largest absolute Gasteiger partial charge is 0.375 e. The number of hydrogen-bond acceptors (Lipinski definition) is 6. The van der Waals surface area contributed by atoms with Gasteiger partial charge in [0.05, 0.1) is 10.2 Å². The first-order chi connectivity index (χ1) is 12.4. The molecule has 2 aromatic heterocycles. The van der Waals surface area contributed by atoms with Gasteiger partial charge in [-0.05, 0) is 24.6 Å². The molecule has 9 heteroatoms. The SMILES string of the molecule is Cc1cc(C(=O)N2CCc3nc(C(N)=O)cn3CC2)cc2sc(N)nc12. The van der Waals surface area contributed by atoms with Crippen molar-refractivity contribution < 1.29 is 9.59 Å². The van der Waals surface area contributed by atoms with Gasteiger partial charge in [0.15, 0.2) is 5.13 Å². The molecule has 0 radical (unpaired) electrons. The number of hydrogen-bond donors (Lipinski definition) is 2. The second-order valence-corrected chi connectivity index (χ2v) is 7.40. The molecule has 26 heavy (non-hydrogen) atoms. The third kappa shape index (κ3) is 2.80. The number of amides is 2. The highest BCUT2D eigenvalue weighted by molar-refractivity contribution is 7.22. The summed E-state index contributed by atoms with van der Waals surface area (Å²) in [6, 6.07) is 3.71. The normalized spacial score (nSPS) is 14.3. The predicted octanol–water partition coefficient (Wildman–Crippen LogP) is 1.18. The fourth-order valence-electron chi connectivity index (χ4n) is 3.26. The van der Waals surface area contributed by atoms with Crippen LogP contribution in [-0.4, -0.2) is 44.3 Å². The molecule has 4 N–H and O–H groups in total. The Morgan fingerprint density at radius 3 is 2.77 bits per heavy atom. The van der Waals surface area contributed by atoms with Crippen molar-refractivity contribution in [3.8, 4) is 0 Å². The second kappa shape index (κ2) is 6.10. The molecule has 134 valence electrons. The number of nitrogen functional groups attached to an aromatic ring is 1. The fourth-order valence-corrected chi connectivity index (χ4v) is 4.12. The van der Waals surface area contributed by atoms with Crippen molar-refractivity contribution in [1.82, 2.24) is 19.4 Å². The van der Waals surface area contributed by atoms with Gasteiger partial charge in [-0.25, -0.2) is 9.97 Å². The van der Waals surface area contributed by atoms with Crippen LogP contribution in [0.2, 0.25) is 0 Å². The Morgan fingerprint density at radius 1 is 1.19 bits per heavy atom. The van der Waals surface area contributed by atoms with Crippen LogP contribution in [-0.2, 0) is 13.0 Å². The summed E-state index contributed by atoms with van der Waals surface area (Å²) in [5.41, 5.74) is 13.8. The number of carbonyl (C=O) groups excluding carboxylic acids is 2. The van der Waals surface area contributed by atoms with Crippen molar-refractivity contribution in [3.05, 3.63) is 41.0 Å². The van der Waals surface area contributed by atoms with Crippen LogP contribution in [0.1, 0.15) is 32.2 Å². The molecule has 4 rings (SSSR count). The van der Waals surface area contributed by atoms with Crippen molar-refractivity contribution in [3.63, 3.8) is 0 Å². The van der Waals surface area contributed by atoms with Gasteiger partial charge in [-0.3, -0.25) is 9.59 Å². The van der Waals surface area contributed by atoms with Crippen molar-refractivity contribution >= 4 is 38.5 Å². The molecule has 1 aromatic carbocycles. The van der Waals surface area contributed by atoms with Gasteiger partial charge in [0.1, 0.15) is 11.5 Å². The van der Waals surface area contributed by atoms with Gasteiger partial charge in [-0.15, -0.1) is 0 Å². The van der Waals surface area contributed by atoms with E-state index >= 15 is 0 Å². The maximum absolute atomic E-state index is 13.0. The zero-order valence-corrected chi connectivity index (χ0v) is 15.0. The minimum absolute atomic E-state index is 0.0251. The number of thiazole rings is 1. The lowest BCUT2D eigenvalue weighted by atomic mass is 10.1. The lowest BCUT2D eigenvalue weighted by Crippen LogP contribution is -2.33. The van der Waals surface area contributed by atoms with E-state index in [0.29, 0.717) is 36.8 Å². The van der Waals surface area contributed by atoms with E-state index in [9.17, 15) is 9.59 Å². The van der Waals surface area contributed by atoms with Gasteiger partial charge in [0.25, 0.3) is 11.8 Å². The third-order valence-corrected chi connectivity index (χ3v) is 5.40. The van der Waals surface area contributed by atoms with Gasteiger partial charge < -0.3 is 20.9 Å². The minimum atomic E-state index is -0.536. The van der Waals surface area contributed by atoms with E-state index in [-0.39, 0.29) is 11.6 Å². The first kappa shape index (κ1) is 16.5. The van der Waals surface area contributed by atoms with E-state index in [1.54, 1.807) is 6.20 Å². The number of primary amides is 1. The molecule has 3 aromatic rings. The quantitative estimate of drug-likeness (QED) is 0.702. The van der Waals surface area contributed by atoms with Crippen LogP contribution in [0.4, 0.5) is 5.13 Å². The highest BCUT2D eigenvalue weighted by atomic mass is 32.1. The van der Waals surface area contributed by atoms with Crippen LogP contribution in [0, 0.1) is 6.92 Å². The molecule has 0 atom stereocenters. The summed E-state index contributed by atoms with van der Waals surface area (Å²) < 4.78 is 2.81. The number of rotatable bonds is 2. The molecular weight excluding hydrogens is 352 g/mol. The number of carbonyl (C=O) groups is 2. The first-order valence-electron chi connectivity index (χ1n) is 8.24. The van der Waals surface area contributed by atoms with Gasteiger partial charge >= 0.3 is 0 Å². The van der Waals surface area contributed by atoms with Crippen molar-refractivity contribution in [2.75, 3.05) is 18.8 Å². The molecule has 0 saturated carbocycles. The van der Waals surface area contributed by atoms with Crippen molar-refractivity contribution in [2.45, 2.75) is 19.9 Å². The Kier molecular flexibility index (Phi) is 3.87. The van der Waals surface area contributed by atoms with E-state index in [1.165, 1.54) is 11.3 Å². The number of fused-ring (bicyclic) bond motifs is 2. The van der Waals surface area contributed by atoms with E-state index in [0.717, 1.165) is 21.6 Å². The summed E-state index contributed by atoms with van der Waals surface area (Å²) in [4.78, 5) is 34.6. The Labute approximate surface area is 153 Å². The van der Waals surface area contributed by atoms with Crippen molar-refractivity contribution in [2.24, 2.45) is 5.73 Å². The number of aryl methyl sites for hydroxylation is 1. The zero-order valence-electron chi connectivity index (χ0n) is 14.2. The maximum atomic E-state index is 13.0. The van der Waals surface area contributed by atoms with E-state index in [4.69, 9.17) is 11.5 Å². The molecule has 0 fully saturated rings. The molecule has 0 aliphatic carbocycles. The molecule has 0 spiro atoms. The van der Waals surface area contributed by atoms with Crippen LogP contribution in [0.3, 0.4) is 0 Å². The van der Waals surface area contributed by atoms with Crippen LogP contribution in [0.25, 0.3) is 10.2 Å². The Balaban J connectivity index is 1.57. The molecule has 3 heterocycles. The Hall–Kier alpha value is -2.94. The number of nitrogens with two attached hydrogens (primary N) is 2. The molecule has 1 aliphatic rings. The first-order valence-corrected chi connectivity index (χ1v) is 9.06. The van der Waals surface area contributed by atoms with Gasteiger partial charge in [0.2, 0.25) is 0 Å². The fraction of sp³-hybridized carbons (Fsp3) is 0.294. The monoisotopic (exact) mass is 370 g/mol. The highest BCUT2D eigenvalue weighted by Gasteiger charge is 2.23. The molecule has 8 nitrogen and oxygen atoms in total. The smallest absolute Gasteiger partial charge is 0.268 e. The number of anilines is 1. The zero-order chi connectivity index (χ0) is 18.4. The predicted molar refractivity (Wildman–Crippen MR) is 99.1 cm³/mol. The Morgan fingerprint density at radius 2 is 2.00 bits per heavy atom. The van der Waals surface area contributed by atoms with Crippen LogP contribution < -0.4 is 11.5 Å². The van der Waals surface area contributed by atoms with Crippen LogP contribution in [0.15, 0.2) is 18.3 Å².